The standard InChI is InChI=1S/C18H18N4O2S/c1-11(2)16(22-17(23)15-4-3-9-25-15)18(24)21-12-5-6-13-14(10-12)20-8-7-19-13/h3-11,16H,1-2H3,(H,21,24)(H,22,23). The first-order chi connectivity index (χ1) is 12.0. The van der Waals surface area contributed by atoms with Crippen LogP contribution in [0.3, 0.4) is 0 Å². The number of hydrogen-bond donors (Lipinski definition) is 2. The molecule has 0 bridgehead atoms. The van der Waals surface area contributed by atoms with Crippen molar-refractivity contribution >= 4 is 39.9 Å². The lowest BCUT2D eigenvalue weighted by Crippen LogP contribution is -2.46. The summed E-state index contributed by atoms with van der Waals surface area (Å²) in [6.45, 7) is 3.79. The molecular formula is C18H18N4O2S. The molecule has 0 aliphatic heterocycles. The number of hydrogen-bond acceptors (Lipinski definition) is 5. The minimum Gasteiger partial charge on any atom is -0.339 e. The van der Waals surface area contributed by atoms with Crippen molar-refractivity contribution in [1.82, 2.24) is 15.3 Å². The SMILES string of the molecule is CC(C)C(NC(=O)c1cccs1)C(=O)Nc1ccc2nccnc2c1. The van der Waals surface area contributed by atoms with Crippen molar-refractivity contribution in [2.24, 2.45) is 5.92 Å². The van der Waals surface area contributed by atoms with Crippen molar-refractivity contribution in [3.05, 3.63) is 53.0 Å². The second-order valence-electron chi connectivity index (χ2n) is 5.92. The lowest BCUT2D eigenvalue weighted by molar-refractivity contribution is -0.118. The molecule has 2 aromatic heterocycles. The van der Waals surface area contributed by atoms with Gasteiger partial charge in [0.1, 0.15) is 6.04 Å². The van der Waals surface area contributed by atoms with Gasteiger partial charge in [0.15, 0.2) is 0 Å². The van der Waals surface area contributed by atoms with E-state index in [1.54, 1.807) is 42.7 Å². The predicted molar refractivity (Wildman–Crippen MR) is 98.6 cm³/mol. The minimum atomic E-state index is -0.632. The molecule has 3 aromatic rings. The van der Waals surface area contributed by atoms with Crippen LogP contribution < -0.4 is 10.6 Å². The zero-order valence-corrected chi connectivity index (χ0v) is 14.7. The zero-order valence-electron chi connectivity index (χ0n) is 13.9. The summed E-state index contributed by atoms with van der Waals surface area (Å²) in [5.74, 6) is -0.555. The number of nitrogens with zero attached hydrogens (tertiary/aromatic N) is 2. The average Bonchev–Trinajstić information content (AvgIpc) is 3.13. The molecule has 2 heterocycles. The molecule has 1 aromatic carbocycles. The number of carbonyl (C=O) groups is 2. The van der Waals surface area contributed by atoms with Gasteiger partial charge in [-0.2, -0.15) is 0 Å². The summed E-state index contributed by atoms with van der Waals surface area (Å²) in [7, 11) is 0. The maximum absolute atomic E-state index is 12.6. The van der Waals surface area contributed by atoms with Crippen molar-refractivity contribution in [3.8, 4) is 0 Å². The van der Waals surface area contributed by atoms with Crippen molar-refractivity contribution < 1.29 is 9.59 Å². The van der Waals surface area contributed by atoms with Crippen LogP contribution in [0.4, 0.5) is 5.69 Å². The minimum absolute atomic E-state index is 0.0517. The van der Waals surface area contributed by atoms with E-state index in [4.69, 9.17) is 0 Å². The van der Waals surface area contributed by atoms with Crippen LogP contribution in [0.1, 0.15) is 23.5 Å². The van der Waals surface area contributed by atoms with Gasteiger partial charge in [0.25, 0.3) is 5.91 Å². The Balaban J connectivity index is 1.74. The van der Waals surface area contributed by atoms with Gasteiger partial charge in [-0.3, -0.25) is 19.6 Å². The highest BCUT2D eigenvalue weighted by Crippen LogP contribution is 2.16. The number of amides is 2. The number of aromatic nitrogens is 2. The van der Waals surface area contributed by atoms with E-state index in [1.165, 1.54) is 11.3 Å². The lowest BCUT2D eigenvalue weighted by Gasteiger charge is -2.21. The van der Waals surface area contributed by atoms with Crippen LogP contribution in [0.5, 0.6) is 0 Å². The molecule has 0 saturated heterocycles. The van der Waals surface area contributed by atoms with Crippen LogP contribution in [0.15, 0.2) is 48.1 Å². The molecule has 0 aliphatic rings. The maximum Gasteiger partial charge on any atom is 0.262 e. The first-order valence-corrected chi connectivity index (χ1v) is 8.78. The van der Waals surface area contributed by atoms with Gasteiger partial charge in [-0.1, -0.05) is 19.9 Å². The van der Waals surface area contributed by atoms with Gasteiger partial charge in [-0.15, -0.1) is 11.3 Å². The largest absolute Gasteiger partial charge is 0.339 e. The third kappa shape index (κ3) is 4.00. The van der Waals surface area contributed by atoms with Gasteiger partial charge < -0.3 is 10.6 Å². The summed E-state index contributed by atoms with van der Waals surface area (Å²) in [5.41, 5.74) is 2.07. The average molecular weight is 354 g/mol. The van der Waals surface area contributed by atoms with Crippen molar-refractivity contribution in [2.45, 2.75) is 19.9 Å². The molecule has 1 unspecified atom stereocenters. The number of nitrogens with one attached hydrogen (secondary N) is 2. The van der Waals surface area contributed by atoms with Crippen LogP contribution in [-0.2, 0) is 4.79 Å². The number of anilines is 1. The fourth-order valence-electron chi connectivity index (χ4n) is 2.42. The Morgan fingerprint density at radius 1 is 1.08 bits per heavy atom. The summed E-state index contributed by atoms with van der Waals surface area (Å²) in [5, 5.41) is 7.48. The Morgan fingerprint density at radius 2 is 1.84 bits per heavy atom. The second kappa shape index (κ2) is 7.40. The Hall–Kier alpha value is -2.80. The Bertz CT molecular complexity index is 893. The summed E-state index contributed by atoms with van der Waals surface area (Å²) < 4.78 is 0. The van der Waals surface area contributed by atoms with Crippen LogP contribution in [0.25, 0.3) is 11.0 Å². The molecule has 0 fully saturated rings. The summed E-state index contributed by atoms with van der Waals surface area (Å²) >= 11 is 1.34. The highest BCUT2D eigenvalue weighted by Gasteiger charge is 2.25. The van der Waals surface area contributed by atoms with Crippen molar-refractivity contribution in [2.75, 3.05) is 5.32 Å². The molecule has 0 spiro atoms. The summed E-state index contributed by atoms with van der Waals surface area (Å²) in [6, 6.07) is 8.24. The van der Waals surface area contributed by atoms with Gasteiger partial charge in [-0.25, -0.2) is 0 Å². The van der Waals surface area contributed by atoms with Crippen LogP contribution >= 0.6 is 11.3 Å². The molecule has 3 rings (SSSR count). The Labute approximate surface area is 149 Å². The molecule has 0 radical (unpaired) electrons. The van der Waals surface area contributed by atoms with E-state index in [-0.39, 0.29) is 17.7 Å². The molecule has 0 aliphatic carbocycles. The lowest BCUT2D eigenvalue weighted by atomic mass is 10.0. The number of thiophene rings is 1. The van der Waals surface area contributed by atoms with E-state index in [0.29, 0.717) is 16.1 Å². The Morgan fingerprint density at radius 3 is 2.52 bits per heavy atom. The van der Waals surface area contributed by atoms with Crippen LogP contribution in [0, 0.1) is 5.92 Å². The molecular weight excluding hydrogens is 336 g/mol. The van der Waals surface area contributed by atoms with E-state index in [2.05, 4.69) is 20.6 Å². The first kappa shape index (κ1) is 17.0. The number of carbonyl (C=O) groups excluding carboxylic acids is 2. The highest BCUT2D eigenvalue weighted by atomic mass is 32.1. The van der Waals surface area contributed by atoms with E-state index < -0.39 is 6.04 Å². The molecule has 2 N–H and O–H groups in total. The van der Waals surface area contributed by atoms with Crippen LogP contribution in [0.2, 0.25) is 0 Å². The van der Waals surface area contributed by atoms with Gasteiger partial charge in [0.2, 0.25) is 5.91 Å². The van der Waals surface area contributed by atoms with Gasteiger partial charge in [0.05, 0.1) is 15.9 Å². The quantitative estimate of drug-likeness (QED) is 0.737. The first-order valence-electron chi connectivity index (χ1n) is 7.90. The molecule has 7 heteroatoms. The van der Waals surface area contributed by atoms with E-state index in [1.807, 2.05) is 19.2 Å². The van der Waals surface area contributed by atoms with E-state index in [0.717, 1.165) is 5.52 Å². The number of fused-ring (bicyclic) bond motifs is 1. The summed E-state index contributed by atoms with van der Waals surface area (Å²) in [6.07, 6.45) is 3.22. The maximum atomic E-state index is 12.6. The zero-order chi connectivity index (χ0) is 17.8. The fourth-order valence-corrected chi connectivity index (χ4v) is 3.04. The molecule has 128 valence electrons. The topological polar surface area (TPSA) is 84.0 Å². The third-order valence-electron chi connectivity index (χ3n) is 3.72. The smallest absolute Gasteiger partial charge is 0.262 e. The number of rotatable bonds is 5. The van der Waals surface area contributed by atoms with Crippen molar-refractivity contribution in [3.63, 3.8) is 0 Å². The normalized spacial score (nSPS) is 12.1. The van der Waals surface area contributed by atoms with Crippen molar-refractivity contribution in [1.29, 1.82) is 0 Å². The Kier molecular flexibility index (Phi) is 5.04. The predicted octanol–water partition coefficient (Wildman–Crippen LogP) is 3.08. The van der Waals surface area contributed by atoms with Gasteiger partial charge in [0, 0.05) is 18.1 Å². The molecule has 25 heavy (non-hydrogen) atoms. The monoisotopic (exact) mass is 354 g/mol. The summed E-state index contributed by atoms with van der Waals surface area (Å²) in [4.78, 5) is 33.9. The molecule has 6 nitrogen and oxygen atoms in total. The number of benzene rings is 1. The van der Waals surface area contributed by atoms with E-state index in [9.17, 15) is 9.59 Å². The fraction of sp³-hybridized carbons (Fsp3) is 0.222. The third-order valence-corrected chi connectivity index (χ3v) is 4.59. The molecule has 1 atom stereocenters. The van der Waals surface area contributed by atoms with Gasteiger partial charge in [-0.05, 0) is 35.6 Å². The molecule has 2 amide bonds. The molecule has 0 saturated carbocycles. The highest BCUT2D eigenvalue weighted by molar-refractivity contribution is 7.12. The second-order valence-corrected chi connectivity index (χ2v) is 6.87. The van der Waals surface area contributed by atoms with E-state index >= 15 is 0 Å². The van der Waals surface area contributed by atoms with Crippen LogP contribution in [-0.4, -0.2) is 27.8 Å². The van der Waals surface area contributed by atoms with Gasteiger partial charge >= 0.3 is 0 Å².